The van der Waals surface area contributed by atoms with Gasteiger partial charge in [-0.1, -0.05) is 19.9 Å². The first kappa shape index (κ1) is 17.4. The first-order valence-corrected chi connectivity index (χ1v) is 7.85. The molecule has 1 saturated heterocycles. The minimum absolute atomic E-state index is 0.0557. The molecule has 0 aromatic heterocycles. The predicted octanol–water partition coefficient (Wildman–Crippen LogP) is 0.327. The summed E-state index contributed by atoms with van der Waals surface area (Å²) < 4.78 is 10.5. The van der Waals surface area contributed by atoms with Crippen LogP contribution in [0.15, 0.2) is 11.6 Å². The Morgan fingerprint density at radius 2 is 2.18 bits per heavy atom. The lowest BCUT2D eigenvalue weighted by Gasteiger charge is -2.34. The van der Waals surface area contributed by atoms with E-state index in [1.165, 1.54) is 7.11 Å². The Morgan fingerprint density at radius 3 is 2.77 bits per heavy atom. The number of hydrogen-bond acceptors (Lipinski definition) is 6. The van der Waals surface area contributed by atoms with E-state index in [4.69, 9.17) is 9.47 Å². The maximum atomic E-state index is 12.4. The average Bonchev–Trinajstić information content (AvgIpc) is 3.06. The highest BCUT2D eigenvalue weighted by molar-refractivity contribution is 5.80. The molecule has 6 heteroatoms. The highest BCUT2D eigenvalue weighted by atomic mass is 16.6. The molecule has 2 N–H and O–H groups in total. The van der Waals surface area contributed by atoms with Crippen LogP contribution in [-0.2, 0) is 14.3 Å². The first-order chi connectivity index (χ1) is 10.3. The Labute approximate surface area is 131 Å². The Morgan fingerprint density at radius 1 is 1.50 bits per heavy atom. The van der Waals surface area contributed by atoms with Crippen LogP contribution in [0.1, 0.15) is 27.2 Å². The highest BCUT2D eigenvalue weighted by Crippen LogP contribution is 2.30. The molecule has 0 radical (unpaired) electrons. The van der Waals surface area contributed by atoms with Crippen molar-refractivity contribution in [3.8, 4) is 0 Å². The number of nitrogens with zero attached hydrogens (tertiary/aromatic N) is 1. The Hall–Kier alpha value is -0.950. The summed E-state index contributed by atoms with van der Waals surface area (Å²) in [6.45, 7) is 6.90. The molecule has 2 aliphatic rings. The second-order valence-corrected chi connectivity index (χ2v) is 6.51. The van der Waals surface area contributed by atoms with Crippen LogP contribution in [-0.4, -0.2) is 71.7 Å². The van der Waals surface area contributed by atoms with Gasteiger partial charge in [-0.25, -0.2) is 4.79 Å². The minimum atomic E-state index is -1.68. The lowest BCUT2D eigenvalue weighted by Crippen LogP contribution is -2.54. The number of aliphatic hydroxyl groups excluding tert-OH is 1. The number of hydrogen-bond donors (Lipinski definition) is 2. The highest BCUT2D eigenvalue weighted by Gasteiger charge is 2.47. The van der Waals surface area contributed by atoms with E-state index in [2.05, 4.69) is 4.90 Å². The molecule has 0 unspecified atom stereocenters. The number of carbonyl (C=O) groups excluding carboxylic acids is 1. The molecule has 126 valence electrons. The topological polar surface area (TPSA) is 79.2 Å². The van der Waals surface area contributed by atoms with Crippen LogP contribution >= 0.6 is 0 Å². The fourth-order valence-corrected chi connectivity index (χ4v) is 3.34. The molecule has 0 aromatic carbocycles. The minimum Gasteiger partial charge on any atom is -0.459 e. The lowest BCUT2D eigenvalue weighted by molar-refractivity contribution is -0.186. The van der Waals surface area contributed by atoms with Gasteiger partial charge in [-0.15, -0.1) is 0 Å². The summed E-state index contributed by atoms with van der Waals surface area (Å²) in [7, 11) is 1.46. The Balaban J connectivity index is 2.00. The van der Waals surface area contributed by atoms with Gasteiger partial charge in [0.25, 0.3) is 0 Å². The van der Waals surface area contributed by atoms with E-state index in [-0.39, 0.29) is 18.6 Å². The van der Waals surface area contributed by atoms with Crippen molar-refractivity contribution in [1.82, 2.24) is 4.90 Å². The van der Waals surface area contributed by atoms with Crippen molar-refractivity contribution in [2.24, 2.45) is 5.92 Å². The zero-order valence-corrected chi connectivity index (χ0v) is 13.8. The van der Waals surface area contributed by atoms with Crippen molar-refractivity contribution in [3.05, 3.63) is 11.6 Å². The largest absolute Gasteiger partial charge is 0.459 e. The summed E-state index contributed by atoms with van der Waals surface area (Å²) in [5, 5.41) is 20.7. The van der Waals surface area contributed by atoms with Gasteiger partial charge in [0.2, 0.25) is 0 Å². The van der Waals surface area contributed by atoms with E-state index in [9.17, 15) is 15.0 Å². The average molecular weight is 313 g/mol. The summed E-state index contributed by atoms with van der Waals surface area (Å²) in [6.07, 6.45) is 1.67. The molecule has 2 heterocycles. The Bertz CT molecular complexity index is 450. The normalized spacial score (nSPS) is 29.1. The summed E-state index contributed by atoms with van der Waals surface area (Å²) in [6, 6.07) is -0.0557. The predicted molar refractivity (Wildman–Crippen MR) is 81.3 cm³/mol. The maximum absolute atomic E-state index is 12.4. The van der Waals surface area contributed by atoms with E-state index >= 15 is 0 Å². The quantitative estimate of drug-likeness (QED) is 0.543. The number of fused-ring (bicyclic) bond motifs is 1. The molecule has 0 saturated carbocycles. The molecular formula is C16H27NO5. The van der Waals surface area contributed by atoms with Gasteiger partial charge in [0.05, 0.1) is 18.2 Å². The van der Waals surface area contributed by atoms with Gasteiger partial charge >= 0.3 is 5.97 Å². The molecule has 0 bridgehead atoms. The van der Waals surface area contributed by atoms with Gasteiger partial charge in [-0.2, -0.15) is 0 Å². The third-order valence-electron chi connectivity index (χ3n) is 4.99. The number of aliphatic hydroxyl groups is 2. The molecule has 0 amide bonds. The number of methoxy groups -OCH3 is 1. The number of rotatable bonds is 6. The van der Waals surface area contributed by atoms with E-state index in [0.29, 0.717) is 0 Å². The van der Waals surface area contributed by atoms with E-state index in [0.717, 1.165) is 25.1 Å². The Kier molecular flexibility index (Phi) is 5.27. The van der Waals surface area contributed by atoms with Gasteiger partial charge < -0.3 is 19.7 Å². The van der Waals surface area contributed by atoms with Gasteiger partial charge in [-0.05, 0) is 24.8 Å². The first-order valence-electron chi connectivity index (χ1n) is 7.85. The fraction of sp³-hybridized carbons (Fsp3) is 0.812. The van der Waals surface area contributed by atoms with Crippen molar-refractivity contribution in [1.29, 1.82) is 0 Å². The van der Waals surface area contributed by atoms with E-state index in [1.54, 1.807) is 20.8 Å². The van der Waals surface area contributed by atoms with Crippen molar-refractivity contribution in [3.63, 3.8) is 0 Å². The third kappa shape index (κ3) is 2.93. The standard InChI is InChI=1S/C16H27NO5/c1-10(2)16(20,11(3)21-4)15(19)22-9-12-5-7-17-8-6-13(18)14(12)17/h5,10-11,13-14,18,20H,6-9H2,1-4H3/t11-,13-,14-,16-/m1/s1. The van der Waals surface area contributed by atoms with E-state index in [1.807, 2.05) is 6.08 Å². The molecule has 0 aromatic rings. The number of ether oxygens (including phenoxy) is 2. The molecule has 1 fully saturated rings. The van der Waals surface area contributed by atoms with Crippen LogP contribution in [0.2, 0.25) is 0 Å². The summed E-state index contributed by atoms with van der Waals surface area (Å²) >= 11 is 0. The van der Waals surface area contributed by atoms with Gasteiger partial charge in [0, 0.05) is 20.2 Å². The summed E-state index contributed by atoms with van der Waals surface area (Å²) in [4.78, 5) is 14.5. The van der Waals surface area contributed by atoms with Crippen molar-refractivity contribution < 1.29 is 24.5 Å². The zero-order chi connectivity index (χ0) is 16.5. The van der Waals surface area contributed by atoms with Crippen molar-refractivity contribution in [2.75, 3.05) is 26.8 Å². The van der Waals surface area contributed by atoms with Gasteiger partial charge in [0.15, 0.2) is 5.60 Å². The third-order valence-corrected chi connectivity index (χ3v) is 4.99. The SMILES string of the molecule is CO[C@H](C)[C@@](O)(C(=O)OCC1=CCN2CC[C@@H](O)[C@@H]12)C(C)C. The molecule has 0 spiro atoms. The van der Waals surface area contributed by atoms with Crippen LogP contribution in [0.3, 0.4) is 0 Å². The zero-order valence-electron chi connectivity index (χ0n) is 13.8. The second kappa shape index (κ2) is 6.66. The summed E-state index contributed by atoms with van der Waals surface area (Å²) in [5.74, 6) is -1.01. The van der Waals surface area contributed by atoms with Crippen LogP contribution in [0.5, 0.6) is 0 Å². The molecule has 2 aliphatic heterocycles. The van der Waals surface area contributed by atoms with Crippen LogP contribution in [0.4, 0.5) is 0 Å². The lowest BCUT2D eigenvalue weighted by atomic mass is 9.85. The van der Waals surface area contributed by atoms with E-state index < -0.39 is 23.8 Å². The maximum Gasteiger partial charge on any atom is 0.341 e. The van der Waals surface area contributed by atoms with Crippen molar-refractivity contribution >= 4 is 5.97 Å². The molecule has 0 aliphatic carbocycles. The van der Waals surface area contributed by atoms with Gasteiger partial charge in [0.1, 0.15) is 6.61 Å². The van der Waals surface area contributed by atoms with Gasteiger partial charge in [-0.3, -0.25) is 4.90 Å². The molecular weight excluding hydrogens is 286 g/mol. The summed E-state index contributed by atoms with van der Waals surface area (Å²) in [5.41, 5.74) is -0.767. The molecule has 2 rings (SSSR count). The van der Waals surface area contributed by atoms with Crippen molar-refractivity contribution in [2.45, 2.75) is 51.0 Å². The van der Waals surface area contributed by atoms with Crippen LogP contribution in [0.25, 0.3) is 0 Å². The second-order valence-electron chi connectivity index (χ2n) is 6.51. The molecule has 4 atom stereocenters. The molecule has 22 heavy (non-hydrogen) atoms. The number of carbonyl (C=O) groups is 1. The van der Waals surface area contributed by atoms with Crippen LogP contribution < -0.4 is 0 Å². The fourth-order valence-electron chi connectivity index (χ4n) is 3.34. The number of esters is 1. The smallest absolute Gasteiger partial charge is 0.341 e. The molecule has 6 nitrogen and oxygen atoms in total. The monoisotopic (exact) mass is 313 g/mol. The van der Waals surface area contributed by atoms with Crippen LogP contribution in [0, 0.1) is 5.92 Å².